The molecular formula is C31H38N4O4. The SMILES string of the molecule is COc1ccc(CC2c3ccc(NCC(=O)N(C)C)cc3CCN2CC(=O)NCc2ccccc2)cc1OC. The molecule has 0 spiro atoms. The Morgan fingerprint density at radius 1 is 0.949 bits per heavy atom. The van der Waals surface area contributed by atoms with Crippen molar-refractivity contribution in [2.75, 3.05) is 53.3 Å². The summed E-state index contributed by atoms with van der Waals surface area (Å²) in [6.45, 7) is 1.81. The van der Waals surface area contributed by atoms with Crippen molar-refractivity contribution < 1.29 is 19.1 Å². The first-order valence-electron chi connectivity index (χ1n) is 13.2. The number of hydrogen-bond donors (Lipinski definition) is 2. The summed E-state index contributed by atoms with van der Waals surface area (Å²) in [5.41, 5.74) is 5.51. The number of fused-ring (bicyclic) bond motifs is 1. The van der Waals surface area contributed by atoms with Gasteiger partial charge in [0.15, 0.2) is 11.5 Å². The number of nitrogens with one attached hydrogen (secondary N) is 2. The first kappa shape index (κ1) is 28.0. The summed E-state index contributed by atoms with van der Waals surface area (Å²) in [7, 11) is 6.76. The highest BCUT2D eigenvalue weighted by Crippen LogP contribution is 2.36. The smallest absolute Gasteiger partial charge is 0.241 e. The van der Waals surface area contributed by atoms with Gasteiger partial charge in [-0.3, -0.25) is 14.5 Å². The van der Waals surface area contributed by atoms with Crippen LogP contribution in [0.1, 0.15) is 28.3 Å². The normalized spacial score (nSPS) is 14.7. The molecule has 3 aromatic rings. The molecule has 2 N–H and O–H groups in total. The van der Waals surface area contributed by atoms with Gasteiger partial charge < -0.3 is 25.0 Å². The Labute approximate surface area is 230 Å². The van der Waals surface area contributed by atoms with Gasteiger partial charge in [0.25, 0.3) is 0 Å². The second-order valence-electron chi connectivity index (χ2n) is 9.95. The summed E-state index contributed by atoms with van der Waals surface area (Å²) in [5.74, 6) is 1.39. The van der Waals surface area contributed by atoms with Gasteiger partial charge in [-0.05, 0) is 59.4 Å². The molecule has 0 bridgehead atoms. The number of anilines is 1. The molecule has 1 heterocycles. The summed E-state index contributed by atoms with van der Waals surface area (Å²) in [6.07, 6.45) is 1.53. The molecule has 8 nitrogen and oxygen atoms in total. The van der Waals surface area contributed by atoms with Crippen LogP contribution in [0.15, 0.2) is 66.7 Å². The van der Waals surface area contributed by atoms with Crippen LogP contribution in [0.2, 0.25) is 0 Å². The van der Waals surface area contributed by atoms with Gasteiger partial charge in [-0.2, -0.15) is 0 Å². The van der Waals surface area contributed by atoms with Gasteiger partial charge in [-0.1, -0.05) is 42.5 Å². The lowest BCUT2D eigenvalue weighted by atomic mass is 9.88. The lowest BCUT2D eigenvalue weighted by molar-refractivity contribution is -0.126. The van der Waals surface area contributed by atoms with E-state index >= 15 is 0 Å². The van der Waals surface area contributed by atoms with Gasteiger partial charge in [-0.25, -0.2) is 0 Å². The Morgan fingerprint density at radius 2 is 1.72 bits per heavy atom. The van der Waals surface area contributed by atoms with E-state index in [1.165, 1.54) is 11.1 Å². The topological polar surface area (TPSA) is 83.1 Å². The van der Waals surface area contributed by atoms with Crippen LogP contribution >= 0.6 is 0 Å². The molecule has 1 aliphatic rings. The maximum Gasteiger partial charge on any atom is 0.241 e. The predicted octanol–water partition coefficient (Wildman–Crippen LogP) is 3.66. The quantitative estimate of drug-likeness (QED) is 0.394. The molecule has 0 saturated carbocycles. The number of hydrogen-bond acceptors (Lipinski definition) is 6. The summed E-state index contributed by atoms with van der Waals surface area (Å²) >= 11 is 0. The van der Waals surface area contributed by atoms with Gasteiger partial charge in [-0.15, -0.1) is 0 Å². The van der Waals surface area contributed by atoms with E-state index in [0.29, 0.717) is 31.0 Å². The van der Waals surface area contributed by atoms with Gasteiger partial charge >= 0.3 is 0 Å². The number of ether oxygens (including phenoxy) is 2. The third-order valence-corrected chi connectivity index (χ3v) is 7.11. The van der Waals surface area contributed by atoms with Crippen molar-refractivity contribution in [3.8, 4) is 11.5 Å². The van der Waals surface area contributed by atoms with E-state index in [9.17, 15) is 9.59 Å². The maximum atomic E-state index is 13.0. The van der Waals surface area contributed by atoms with Crippen molar-refractivity contribution in [1.29, 1.82) is 0 Å². The Hall–Kier alpha value is -4.04. The number of nitrogens with zero attached hydrogens (tertiary/aromatic N) is 2. The van der Waals surface area contributed by atoms with Crippen molar-refractivity contribution in [2.24, 2.45) is 0 Å². The molecule has 1 aliphatic heterocycles. The van der Waals surface area contributed by atoms with E-state index in [2.05, 4.69) is 27.7 Å². The first-order valence-corrected chi connectivity index (χ1v) is 13.2. The third kappa shape index (κ3) is 7.29. The van der Waals surface area contributed by atoms with E-state index < -0.39 is 0 Å². The minimum atomic E-state index is 0.0000918. The summed E-state index contributed by atoms with van der Waals surface area (Å²) in [6, 6.07) is 22.2. The molecule has 4 rings (SSSR count). The molecule has 3 aromatic carbocycles. The average molecular weight is 531 g/mol. The van der Waals surface area contributed by atoms with Gasteiger partial charge in [0, 0.05) is 38.9 Å². The molecule has 0 aliphatic carbocycles. The third-order valence-electron chi connectivity index (χ3n) is 7.11. The fraction of sp³-hybridized carbons (Fsp3) is 0.355. The molecule has 206 valence electrons. The summed E-state index contributed by atoms with van der Waals surface area (Å²) in [5, 5.41) is 6.31. The number of carbonyl (C=O) groups is 2. The number of methoxy groups -OCH3 is 2. The first-order chi connectivity index (χ1) is 18.9. The zero-order valence-electron chi connectivity index (χ0n) is 23.2. The van der Waals surface area contributed by atoms with Crippen molar-refractivity contribution in [1.82, 2.24) is 15.1 Å². The number of carbonyl (C=O) groups excluding carboxylic acids is 2. The fourth-order valence-electron chi connectivity index (χ4n) is 4.91. The van der Waals surface area contributed by atoms with Gasteiger partial charge in [0.1, 0.15) is 0 Å². The van der Waals surface area contributed by atoms with Gasteiger partial charge in [0.2, 0.25) is 11.8 Å². The van der Waals surface area contributed by atoms with Crippen LogP contribution in [0.5, 0.6) is 11.5 Å². The lowest BCUT2D eigenvalue weighted by Gasteiger charge is -2.37. The van der Waals surface area contributed by atoms with Crippen molar-refractivity contribution >= 4 is 17.5 Å². The molecule has 1 atom stereocenters. The zero-order chi connectivity index (χ0) is 27.8. The largest absolute Gasteiger partial charge is 0.493 e. The molecule has 0 radical (unpaired) electrons. The molecule has 1 unspecified atom stereocenters. The Bertz CT molecular complexity index is 1280. The highest BCUT2D eigenvalue weighted by molar-refractivity contribution is 5.80. The molecule has 39 heavy (non-hydrogen) atoms. The van der Waals surface area contributed by atoms with Crippen LogP contribution in [-0.2, 0) is 29.0 Å². The van der Waals surface area contributed by atoms with E-state index in [1.807, 2.05) is 54.6 Å². The molecule has 0 fully saturated rings. The fourth-order valence-corrected chi connectivity index (χ4v) is 4.91. The predicted molar refractivity (Wildman–Crippen MR) is 153 cm³/mol. The van der Waals surface area contributed by atoms with Crippen LogP contribution in [0, 0.1) is 0 Å². The van der Waals surface area contributed by atoms with E-state index in [-0.39, 0.29) is 24.4 Å². The Morgan fingerprint density at radius 3 is 2.44 bits per heavy atom. The highest BCUT2D eigenvalue weighted by Gasteiger charge is 2.29. The van der Waals surface area contributed by atoms with Crippen molar-refractivity contribution in [3.05, 3.63) is 89.0 Å². The van der Waals surface area contributed by atoms with E-state index in [4.69, 9.17) is 9.47 Å². The second kappa shape index (κ2) is 13.2. The minimum absolute atomic E-state index is 0.0000918. The standard InChI is InChI=1S/C31H38N4O4/c1-34(2)31(37)20-32-25-11-12-26-24(18-25)14-15-35(21-30(36)33-19-22-8-6-5-7-9-22)27(26)16-23-10-13-28(38-3)29(17-23)39-4/h5-13,17-18,27,32H,14-16,19-21H2,1-4H3,(H,33,36). The molecule has 0 aromatic heterocycles. The number of benzene rings is 3. The summed E-state index contributed by atoms with van der Waals surface area (Å²) in [4.78, 5) is 28.9. The van der Waals surface area contributed by atoms with Crippen LogP contribution < -0.4 is 20.1 Å². The molecular weight excluding hydrogens is 492 g/mol. The number of likely N-dealkylation sites (N-methyl/N-ethyl adjacent to an activating group) is 1. The van der Waals surface area contributed by atoms with Crippen LogP contribution in [0.25, 0.3) is 0 Å². The highest BCUT2D eigenvalue weighted by atomic mass is 16.5. The molecule has 0 saturated heterocycles. The number of rotatable bonds is 11. The molecule has 2 amide bonds. The number of amides is 2. The van der Waals surface area contributed by atoms with Crippen molar-refractivity contribution in [2.45, 2.75) is 25.4 Å². The minimum Gasteiger partial charge on any atom is -0.493 e. The van der Waals surface area contributed by atoms with E-state index in [1.54, 1.807) is 33.2 Å². The summed E-state index contributed by atoms with van der Waals surface area (Å²) < 4.78 is 11.0. The van der Waals surface area contributed by atoms with E-state index in [0.717, 1.165) is 29.8 Å². The lowest BCUT2D eigenvalue weighted by Crippen LogP contribution is -2.43. The monoisotopic (exact) mass is 530 g/mol. The zero-order valence-corrected chi connectivity index (χ0v) is 23.2. The average Bonchev–Trinajstić information content (AvgIpc) is 2.96. The molecule has 8 heteroatoms. The maximum absolute atomic E-state index is 13.0. The van der Waals surface area contributed by atoms with Crippen molar-refractivity contribution in [3.63, 3.8) is 0 Å². The van der Waals surface area contributed by atoms with Crippen LogP contribution in [-0.4, -0.2) is 69.6 Å². The van der Waals surface area contributed by atoms with Gasteiger partial charge in [0.05, 0.1) is 27.3 Å². The Balaban J connectivity index is 1.54. The Kier molecular flexibility index (Phi) is 9.44. The van der Waals surface area contributed by atoms with Crippen LogP contribution in [0.4, 0.5) is 5.69 Å². The van der Waals surface area contributed by atoms with Crippen LogP contribution in [0.3, 0.4) is 0 Å². The second-order valence-corrected chi connectivity index (χ2v) is 9.95.